The lowest BCUT2D eigenvalue weighted by atomic mass is 10.2. The maximum Gasteiger partial charge on any atom is 0.138 e. The number of ether oxygens (including phenoxy) is 1. The second-order valence-electron chi connectivity index (χ2n) is 3.86. The smallest absolute Gasteiger partial charge is 0.138 e. The predicted molar refractivity (Wildman–Crippen MR) is 67.3 cm³/mol. The van der Waals surface area contributed by atoms with Gasteiger partial charge in [-0.2, -0.15) is 0 Å². The topological polar surface area (TPSA) is 35.2 Å². The Morgan fingerprint density at radius 1 is 1.47 bits per heavy atom. The molecule has 0 spiro atoms. The Balaban J connectivity index is 2.90. The summed E-state index contributed by atoms with van der Waals surface area (Å²) in [7, 11) is 0. The number of nitrogens with two attached hydrogens (primary N) is 1. The first-order valence-electron chi connectivity index (χ1n) is 5.82. The van der Waals surface area contributed by atoms with Crippen LogP contribution in [0, 0.1) is 17.7 Å². The quantitative estimate of drug-likeness (QED) is 0.814. The Bertz CT molecular complexity index is 420. The maximum absolute atomic E-state index is 13.2. The molecule has 1 aromatic rings. The molecule has 0 aliphatic rings. The van der Waals surface area contributed by atoms with Crippen LogP contribution in [-0.4, -0.2) is 12.6 Å². The molecular formula is C14H18FNO. The van der Waals surface area contributed by atoms with E-state index in [9.17, 15) is 4.39 Å². The van der Waals surface area contributed by atoms with Gasteiger partial charge in [0.05, 0.1) is 18.2 Å². The Labute approximate surface area is 102 Å². The highest BCUT2D eigenvalue weighted by Crippen LogP contribution is 2.21. The van der Waals surface area contributed by atoms with Gasteiger partial charge in [0.15, 0.2) is 0 Å². The zero-order valence-electron chi connectivity index (χ0n) is 10.3. The molecule has 1 atom stereocenters. The molecular weight excluding hydrogens is 217 g/mol. The standard InChI is InChI=1S/C14H18FNO/c1-3-5-11(2)17-14-10-13(15)8-7-12(14)6-4-9-16/h7-8,10-11H,3,5,9,16H2,1-2H3. The molecule has 0 bridgehead atoms. The minimum Gasteiger partial charge on any atom is -0.489 e. The van der Waals surface area contributed by atoms with Gasteiger partial charge < -0.3 is 10.5 Å². The van der Waals surface area contributed by atoms with Crippen molar-refractivity contribution in [2.24, 2.45) is 5.73 Å². The Hall–Kier alpha value is -1.53. The average Bonchev–Trinajstić information content (AvgIpc) is 2.28. The molecule has 0 saturated heterocycles. The molecule has 0 amide bonds. The second-order valence-corrected chi connectivity index (χ2v) is 3.86. The molecule has 0 radical (unpaired) electrons. The van der Waals surface area contributed by atoms with Gasteiger partial charge in [0.1, 0.15) is 11.6 Å². The van der Waals surface area contributed by atoms with Gasteiger partial charge in [-0.1, -0.05) is 25.2 Å². The summed E-state index contributed by atoms with van der Waals surface area (Å²) < 4.78 is 18.8. The normalized spacial score (nSPS) is 11.5. The van der Waals surface area contributed by atoms with E-state index in [1.807, 2.05) is 6.92 Å². The summed E-state index contributed by atoms with van der Waals surface area (Å²) in [5.74, 6) is 5.80. The van der Waals surface area contributed by atoms with Crippen molar-refractivity contribution in [3.8, 4) is 17.6 Å². The van der Waals surface area contributed by atoms with Crippen molar-refractivity contribution < 1.29 is 9.13 Å². The summed E-state index contributed by atoms with van der Waals surface area (Å²) in [6.45, 7) is 4.33. The number of hydrogen-bond acceptors (Lipinski definition) is 2. The third-order valence-electron chi connectivity index (χ3n) is 2.29. The maximum atomic E-state index is 13.2. The summed E-state index contributed by atoms with van der Waals surface area (Å²) in [5.41, 5.74) is 6.00. The highest BCUT2D eigenvalue weighted by Gasteiger charge is 2.07. The fourth-order valence-corrected chi connectivity index (χ4v) is 1.53. The molecule has 17 heavy (non-hydrogen) atoms. The first kappa shape index (κ1) is 13.5. The van der Waals surface area contributed by atoms with Gasteiger partial charge in [-0.25, -0.2) is 4.39 Å². The molecule has 2 nitrogen and oxygen atoms in total. The summed E-state index contributed by atoms with van der Waals surface area (Å²) in [6.07, 6.45) is 2.01. The van der Waals surface area contributed by atoms with Gasteiger partial charge in [0.2, 0.25) is 0 Å². The Morgan fingerprint density at radius 2 is 2.24 bits per heavy atom. The molecule has 0 fully saturated rings. The third-order valence-corrected chi connectivity index (χ3v) is 2.29. The molecule has 1 rings (SSSR count). The average molecular weight is 235 g/mol. The Kier molecular flexibility index (Phi) is 5.51. The van der Waals surface area contributed by atoms with Crippen LogP contribution in [0.1, 0.15) is 32.3 Å². The van der Waals surface area contributed by atoms with E-state index in [1.165, 1.54) is 12.1 Å². The SMILES string of the molecule is CCCC(C)Oc1cc(F)ccc1C#CCN. The molecule has 3 heteroatoms. The van der Waals surface area contributed by atoms with E-state index in [0.717, 1.165) is 12.8 Å². The summed E-state index contributed by atoms with van der Waals surface area (Å²) in [4.78, 5) is 0. The summed E-state index contributed by atoms with van der Waals surface area (Å²) >= 11 is 0. The van der Waals surface area contributed by atoms with Gasteiger partial charge in [0.25, 0.3) is 0 Å². The van der Waals surface area contributed by atoms with Crippen LogP contribution in [0.15, 0.2) is 18.2 Å². The first-order valence-corrected chi connectivity index (χ1v) is 5.82. The number of benzene rings is 1. The lowest BCUT2D eigenvalue weighted by Gasteiger charge is -2.15. The van der Waals surface area contributed by atoms with Crippen molar-refractivity contribution in [1.29, 1.82) is 0 Å². The van der Waals surface area contributed by atoms with Gasteiger partial charge in [-0.3, -0.25) is 0 Å². The van der Waals surface area contributed by atoms with E-state index in [0.29, 0.717) is 11.3 Å². The van der Waals surface area contributed by atoms with Crippen molar-refractivity contribution in [2.45, 2.75) is 32.8 Å². The van der Waals surface area contributed by atoms with Crippen molar-refractivity contribution in [1.82, 2.24) is 0 Å². The summed E-state index contributed by atoms with van der Waals surface area (Å²) in [6, 6.07) is 4.36. The predicted octanol–water partition coefficient (Wildman–Crippen LogP) is 2.70. The van der Waals surface area contributed by atoms with Gasteiger partial charge in [0, 0.05) is 6.07 Å². The van der Waals surface area contributed by atoms with Crippen LogP contribution in [-0.2, 0) is 0 Å². The minimum absolute atomic E-state index is 0.0558. The van der Waals surface area contributed by atoms with Crippen LogP contribution in [0.4, 0.5) is 4.39 Å². The lowest BCUT2D eigenvalue weighted by Crippen LogP contribution is -2.12. The van der Waals surface area contributed by atoms with Gasteiger partial charge >= 0.3 is 0 Å². The van der Waals surface area contributed by atoms with E-state index < -0.39 is 0 Å². The van der Waals surface area contributed by atoms with E-state index in [2.05, 4.69) is 18.8 Å². The van der Waals surface area contributed by atoms with Gasteiger partial charge in [-0.15, -0.1) is 0 Å². The van der Waals surface area contributed by atoms with Crippen molar-refractivity contribution in [3.63, 3.8) is 0 Å². The zero-order chi connectivity index (χ0) is 12.7. The fourth-order valence-electron chi connectivity index (χ4n) is 1.53. The largest absolute Gasteiger partial charge is 0.489 e. The number of hydrogen-bond donors (Lipinski definition) is 1. The molecule has 1 aromatic carbocycles. The molecule has 0 aromatic heterocycles. The first-order chi connectivity index (χ1) is 8.17. The van der Waals surface area contributed by atoms with Crippen LogP contribution in [0.3, 0.4) is 0 Å². The van der Waals surface area contributed by atoms with Gasteiger partial charge in [-0.05, 0) is 25.5 Å². The number of rotatable bonds is 4. The monoisotopic (exact) mass is 235 g/mol. The second kappa shape index (κ2) is 6.93. The van der Waals surface area contributed by atoms with Crippen LogP contribution >= 0.6 is 0 Å². The molecule has 1 unspecified atom stereocenters. The van der Waals surface area contributed by atoms with E-state index in [1.54, 1.807) is 6.07 Å². The zero-order valence-corrected chi connectivity index (χ0v) is 10.3. The van der Waals surface area contributed by atoms with Crippen molar-refractivity contribution in [2.75, 3.05) is 6.54 Å². The highest BCUT2D eigenvalue weighted by atomic mass is 19.1. The van der Waals surface area contributed by atoms with E-state index >= 15 is 0 Å². The molecule has 0 saturated carbocycles. The van der Waals surface area contributed by atoms with Crippen LogP contribution < -0.4 is 10.5 Å². The van der Waals surface area contributed by atoms with E-state index in [-0.39, 0.29) is 18.5 Å². The molecule has 0 aliphatic heterocycles. The third kappa shape index (κ3) is 4.46. The molecule has 0 heterocycles. The van der Waals surface area contributed by atoms with Crippen molar-refractivity contribution >= 4 is 0 Å². The lowest BCUT2D eigenvalue weighted by molar-refractivity contribution is 0.208. The molecule has 92 valence electrons. The Morgan fingerprint density at radius 3 is 2.88 bits per heavy atom. The van der Waals surface area contributed by atoms with Crippen LogP contribution in [0.2, 0.25) is 0 Å². The van der Waals surface area contributed by atoms with E-state index in [4.69, 9.17) is 10.5 Å². The number of halogens is 1. The summed E-state index contributed by atoms with van der Waals surface area (Å²) in [5, 5.41) is 0. The van der Waals surface area contributed by atoms with Crippen molar-refractivity contribution in [3.05, 3.63) is 29.6 Å². The van der Waals surface area contributed by atoms with Crippen LogP contribution in [0.25, 0.3) is 0 Å². The molecule has 0 aliphatic carbocycles. The fraction of sp³-hybridized carbons (Fsp3) is 0.429. The van der Waals surface area contributed by atoms with Crippen LogP contribution in [0.5, 0.6) is 5.75 Å². The highest BCUT2D eigenvalue weighted by molar-refractivity contribution is 5.46. The molecule has 2 N–H and O–H groups in total. The minimum atomic E-state index is -0.318.